The van der Waals surface area contributed by atoms with Crippen LogP contribution in [0.2, 0.25) is 0 Å². The molecule has 0 amide bonds. The molecule has 0 radical (unpaired) electrons. The molecule has 3 nitrogen and oxygen atoms in total. The molecule has 266 valence electrons. The molecular formula is C54H35N3. The summed E-state index contributed by atoms with van der Waals surface area (Å²) in [5, 5.41) is 5.59. The molecular weight excluding hydrogens is 691 g/mol. The molecule has 0 saturated carbocycles. The fourth-order valence-electron chi connectivity index (χ4n) is 8.72. The van der Waals surface area contributed by atoms with Crippen molar-refractivity contribution in [3.8, 4) is 39.3 Å². The Balaban J connectivity index is 1.23. The Morgan fingerprint density at radius 2 is 0.807 bits per heavy atom. The Hall–Kier alpha value is -7.62. The number of aromatic nitrogens is 3. The van der Waals surface area contributed by atoms with E-state index < -0.39 is 89.7 Å². The van der Waals surface area contributed by atoms with Crippen LogP contribution in [-0.4, -0.2) is 13.7 Å². The van der Waals surface area contributed by atoms with E-state index in [2.05, 4.69) is 57.7 Å². The van der Waals surface area contributed by atoms with Crippen LogP contribution in [0.3, 0.4) is 0 Å². The van der Waals surface area contributed by atoms with Crippen LogP contribution in [-0.2, 0) is 0 Å². The predicted molar refractivity (Wildman–Crippen MR) is 240 cm³/mol. The number of benzene rings is 9. The van der Waals surface area contributed by atoms with Gasteiger partial charge in [-0.3, -0.25) is 0 Å². The van der Waals surface area contributed by atoms with Gasteiger partial charge in [0.05, 0.1) is 62.3 Å². The molecule has 3 heteroatoms. The van der Waals surface area contributed by atoms with Crippen LogP contribution in [0.4, 0.5) is 0 Å². The molecule has 3 heterocycles. The van der Waals surface area contributed by atoms with Gasteiger partial charge >= 0.3 is 0 Å². The van der Waals surface area contributed by atoms with E-state index in [0.29, 0.717) is 21.8 Å². The highest BCUT2D eigenvalue weighted by Crippen LogP contribution is 2.44. The second kappa shape index (κ2) is 12.5. The Bertz CT molecular complexity index is 4090. The topological polar surface area (TPSA) is 14.8 Å². The second-order valence-corrected chi connectivity index (χ2v) is 13.9. The van der Waals surface area contributed by atoms with Crippen molar-refractivity contribution in [1.82, 2.24) is 13.7 Å². The molecule has 57 heavy (non-hydrogen) atoms. The van der Waals surface area contributed by atoms with Crippen LogP contribution in [0.15, 0.2) is 212 Å². The average molecular weight is 739 g/mol. The maximum atomic E-state index is 9.54. The van der Waals surface area contributed by atoms with Crippen molar-refractivity contribution in [3.05, 3.63) is 212 Å². The zero-order chi connectivity index (χ0) is 48.8. The normalized spacial score (nSPS) is 15.1. The summed E-state index contributed by atoms with van der Waals surface area (Å²) >= 11 is 0. The van der Waals surface area contributed by atoms with E-state index in [4.69, 9.17) is 8.22 Å². The van der Waals surface area contributed by atoms with Crippen LogP contribution >= 0.6 is 0 Å². The van der Waals surface area contributed by atoms with Crippen molar-refractivity contribution >= 4 is 65.4 Å². The molecule has 3 aromatic heterocycles. The number of para-hydroxylation sites is 5. The van der Waals surface area contributed by atoms with E-state index in [1.807, 2.05) is 72.8 Å². The average Bonchev–Trinajstić information content (AvgIpc) is 4.02. The van der Waals surface area contributed by atoms with Gasteiger partial charge in [0.2, 0.25) is 0 Å². The Morgan fingerprint density at radius 3 is 1.40 bits per heavy atom. The van der Waals surface area contributed by atoms with E-state index in [9.17, 15) is 9.60 Å². The number of hydrogen-bond donors (Lipinski definition) is 0. The number of nitrogens with zero attached hydrogens (tertiary/aromatic N) is 3. The van der Waals surface area contributed by atoms with Crippen LogP contribution in [0.1, 0.15) is 17.8 Å². The summed E-state index contributed by atoms with van der Waals surface area (Å²) < 4.78 is 123. The van der Waals surface area contributed by atoms with Crippen molar-refractivity contribution in [1.29, 1.82) is 0 Å². The molecule has 0 fully saturated rings. The standard InChI is InChI=1S/C54H35N3/c1-3-17-36(18-4-1)39-25-15-26-40(37-19-5-2-6-20-37)54(39)57-49-30-14-10-24-44(49)53-51(31-16-32-52(53)57)56-48-29-13-9-23-43(48)45-35-38(33-34-50(45)56)55-46-27-11-7-21-41(46)42-22-8-12-28-47(42)55/h1-35H/i1D,2D,3D,4D,5D,6D,15D,17D,18D,19D,20D,25D,26D. The molecule has 0 spiro atoms. The minimum atomic E-state index is -0.737. The summed E-state index contributed by atoms with van der Waals surface area (Å²) in [5.74, 6) is 0. The molecule has 0 unspecified atom stereocenters. The van der Waals surface area contributed by atoms with E-state index in [-0.39, 0.29) is 16.8 Å². The maximum absolute atomic E-state index is 9.54. The van der Waals surface area contributed by atoms with Gasteiger partial charge in [-0.05, 0) is 65.7 Å². The first kappa shape index (κ1) is 21.5. The van der Waals surface area contributed by atoms with Gasteiger partial charge in [-0.25, -0.2) is 0 Å². The minimum absolute atomic E-state index is 0.163. The Kier molecular flexibility index (Phi) is 4.69. The lowest BCUT2D eigenvalue weighted by Gasteiger charge is -2.19. The highest BCUT2D eigenvalue weighted by atomic mass is 15.0. The van der Waals surface area contributed by atoms with Gasteiger partial charge in [-0.1, -0.05) is 157 Å². The van der Waals surface area contributed by atoms with Crippen molar-refractivity contribution in [2.24, 2.45) is 0 Å². The third-order valence-electron chi connectivity index (χ3n) is 11.0. The number of rotatable bonds is 5. The van der Waals surface area contributed by atoms with Gasteiger partial charge in [0.1, 0.15) is 0 Å². The Labute approximate surface area is 347 Å². The SMILES string of the molecule is [2H]c1c([2H])c([2H])c(-c2c([2H])c([2H])c([2H])c(-c3c([2H])c([2H])c([2H])c([2H])c3[2H])c2-n2c3ccccc3c3c(-n4c5ccccc5c5cc(-n6c7ccccc7c7ccccc76)ccc54)cccc32)c([2H])c1[2H]. The lowest BCUT2D eigenvalue weighted by Crippen LogP contribution is -2.01. The fraction of sp³-hybridized carbons (Fsp3) is 0. The zero-order valence-electron chi connectivity index (χ0n) is 43.0. The first-order valence-corrected chi connectivity index (χ1v) is 18.6. The summed E-state index contributed by atoms with van der Waals surface area (Å²) in [6.07, 6.45) is 0. The molecule has 12 aromatic rings. The third-order valence-corrected chi connectivity index (χ3v) is 11.0. The molecule has 0 aliphatic heterocycles. The van der Waals surface area contributed by atoms with Gasteiger partial charge in [0.15, 0.2) is 0 Å². The molecule has 12 rings (SSSR count). The summed E-state index contributed by atoms with van der Waals surface area (Å²) in [4.78, 5) is 0. The predicted octanol–water partition coefficient (Wildman–Crippen LogP) is 14.3. The van der Waals surface area contributed by atoms with Crippen LogP contribution in [0.25, 0.3) is 105 Å². The molecule has 0 aliphatic carbocycles. The molecule has 0 saturated heterocycles. The molecule has 9 aromatic carbocycles. The minimum Gasteiger partial charge on any atom is -0.309 e. The summed E-state index contributed by atoms with van der Waals surface area (Å²) in [5.41, 5.74) is 4.80. The first-order valence-electron chi connectivity index (χ1n) is 25.1. The monoisotopic (exact) mass is 738 g/mol. The molecule has 0 aliphatic rings. The highest BCUT2D eigenvalue weighted by Gasteiger charge is 2.23. The van der Waals surface area contributed by atoms with Crippen molar-refractivity contribution in [2.75, 3.05) is 0 Å². The maximum Gasteiger partial charge on any atom is 0.0630 e. The summed E-state index contributed by atoms with van der Waals surface area (Å²) in [7, 11) is 0. The second-order valence-electron chi connectivity index (χ2n) is 13.9. The first-order chi connectivity index (χ1) is 33.7. The van der Waals surface area contributed by atoms with Gasteiger partial charge in [0, 0.05) is 49.1 Å². The lowest BCUT2D eigenvalue weighted by atomic mass is 9.95. The number of fused-ring (bicyclic) bond motifs is 9. The van der Waals surface area contributed by atoms with Crippen molar-refractivity contribution in [2.45, 2.75) is 0 Å². The van der Waals surface area contributed by atoms with Gasteiger partial charge in [0.25, 0.3) is 0 Å². The zero-order valence-corrected chi connectivity index (χ0v) is 30.0. The quantitative estimate of drug-likeness (QED) is 0.167. The number of hydrogen-bond acceptors (Lipinski definition) is 0. The highest BCUT2D eigenvalue weighted by molar-refractivity contribution is 6.17. The summed E-state index contributed by atoms with van der Waals surface area (Å²) in [6, 6.07) is 35.2. The van der Waals surface area contributed by atoms with Gasteiger partial charge < -0.3 is 13.7 Å². The molecule has 0 atom stereocenters. The van der Waals surface area contributed by atoms with Gasteiger partial charge in [-0.2, -0.15) is 0 Å². The fourth-order valence-corrected chi connectivity index (χ4v) is 8.72. The van der Waals surface area contributed by atoms with Crippen molar-refractivity contribution in [3.63, 3.8) is 0 Å². The van der Waals surface area contributed by atoms with E-state index in [1.54, 1.807) is 16.7 Å². The molecule has 0 N–H and O–H groups in total. The third kappa shape index (κ3) is 4.66. The van der Waals surface area contributed by atoms with Crippen LogP contribution in [0.5, 0.6) is 0 Å². The van der Waals surface area contributed by atoms with Gasteiger partial charge in [-0.15, -0.1) is 0 Å². The largest absolute Gasteiger partial charge is 0.309 e. The lowest BCUT2D eigenvalue weighted by molar-refractivity contribution is 1.17. The molecule has 0 bridgehead atoms. The van der Waals surface area contributed by atoms with Crippen LogP contribution in [0, 0.1) is 0 Å². The van der Waals surface area contributed by atoms with E-state index >= 15 is 0 Å². The Morgan fingerprint density at radius 1 is 0.333 bits per heavy atom. The van der Waals surface area contributed by atoms with Crippen molar-refractivity contribution < 1.29 is 17.8 Å². The van der Waals surface area contributed by atoms with E-state index in [1.165, 1.54) is 0 Å². The summed E-state index contributed by atoms with van der Waals surface area (Å²) in [6.45, 7) is 0. The smallest absolute Gasteiger partial charge is 0.0630 e. The van der Waals surface area contributed by atoms with Crippen LogP contribution < -0.4 is 0 Å². The van der Waals surface area contributed by atoms with E-state index in [0.717, 1.165) is 55.0 Å².